The summed E-state index contributed by atoms with van der Waals surface area (Å²) in [7, 11) is -5.39. The molecule has 192 valence electrons. The SMILES string of the molecule is COc1ccccc1N(C[C@H](O)CN1CCN([C@H]2CCS(=O)(=O)C2)CC1)S(=O)(=O)c1ccccc1. The first-order chi connectivity index (χ1) is 16.7. The van der Waals surface area contributed by atoms with E-state index in [-0.39, 0.29) is 29.0 Å². The third-order valence-corrected chi connectivity index (χ3v) is 10.2. The summed E-state index contributed by atoms with van der Waals surface area (Å²) in [5.41, 5.74) is 0.366. The third kappa shape index (κ3) is 6.15. The first kappa shape index (κ1) is 25.9. The number of rotatable bonds is 9. The van der Waals surface area contributed by atoms with E-state index in [0.717, 1.165) is 13.1 Å². The Kier molecular flexibility index (Phi) is 8.02. The minimum atomic E-state index is -3.94. The van der Waals surface area contributed by atoms with Gasteiger partial charge in [-0.1, -0.05) is 30.3 Å². The number of aliphatic hydroxyl groups excluding tert-OH is 1. The molecule has 2 heterocycles. The van der Waals surface area contributed by atoms with E-state index in [1.165, 1.54) is 23.5 Å². The molecule has 2 aliphatic heterocycles. The molecule has 2 saturated heterocycles. The molecule has 4 rings (SSSR count). The minimum absolute atomic E-state index is 0.0733. The minimum Gasteiger partial charge on any atom is -0.495 e. The summed E-state index contributed by atoms with van der Waals surface area (Å²) in [6.45, 7) is 3.02. The molecule has 11 heteroatoms. The van der Waals surface area contributed by atoms with Crippen molar-refractivity contribution in [1.82, 2.24) is 9.80 Å². The van der Waals surface area contributed by atoms with E-state index < -0.39 is 26.0 Å². The highest BCUT2D eigenvalue weighted by molar-refractivity contribution is 7.93. The van der Waals surface area contributed by atoms with Gasteiger partial charge in [-0.2, -0.15) is 0 Å². The molecule has 2 aliphatic rings. The lowest BCUT2D eigenvalue weighted by Gasteiger charge is -2.38. The predicted octanol–water partition coefficient (Wildman–Crippen LogP) is 1.06. The van der Waals surface area contributed by atoms with Gasteiger partial charge in [-0.25, -0.2) is 16.8 Å². The molecule has 0 spiro atoms. The lowest BCUT2D eigenvalue weighted by Crippen LogP contribution is -2.53. The van der Waals surface area contributed by atoms with Crippen molar-refractivity contribution in [2.24, 2.45) is 0 Å². The highest BCUT2D eigenvalue weighted by Gasteiger charge is 2.34. The number of hydrogen-bond donors (Lipinski definition) is 1. The number of aliphatic hydroxyl groups is 1. The average Bonchev–Trinajstić information content (AvgIpc) is 3.23. The molecule has 2 aromatic rings. The van der Waals surface area contributed by atoms with Gasteiger partial charge in [-0.3, -0.25) is 14.1 Å². The lowest BCUT2D eigenvalue weighted by atomic mass is 10.2. The molecule has 0 amide bonds. The zero-order chi connectivity index (χ0) is 25.1. The van der Waals surface area contributed by atoms with Crippen LogP contribution in [-0.4, -0.2) is 102 Å². The quantitative estimate of drug-likeness (QED) is 0.520. The van der Waals surface area contributed by atoms with Crippen LogP contribution in [-0.2, 0) is 19.9 Å². The Labute approximate surface area is 207 Å². The summed E-state index contributed by atoms with van der Waals surface area (Å²) < 4.78 is 57.4. The summed E-state index contributed by atoms with van der Waals surface area (Å²) >= 11 is 0. The number of piperazine rings is 1. The van der Waals surface area contributed by atoms with Crippen LogP contribution in [0.4, 0.5) is 5.69 Å². The van der Waals surface area contributed by atoms with Gasteiger partial charge in [0.1, 0.15) is 5.75 Å². The van der Waals surface area contributed by atoms with E-state index in [1.807, 2.05) is 0 Å². The van der Waals surface area contributed by atoms with Crippen molar-refractivity contribution in [3.05, 3.63) is 54.6 Å². The Hall–Kier alpha value is -2.18. The Balaban J connectivity index is 1.45. The predicted molar refractivity (Wildman–Crippen MR) is 135 cm³/mol. The first-order valence-corrected chi connectivity index (χ1v) is 15.0. The van der Waals surface area contributed by atoms with Gasteiger partial charge in [0.15, 0.2) is 9.84 Å². The van der Waals surface area contributed by atoms with E-state index >= 15 is 0 Å². The van der Waals surface area contributed by atoms with Crippen molar-refractivity contribution in [3.63, 3.8) is 0 Å². The zero-order valence-electron chi connectivity index (χ0n) is 19.9. The number of anilines is 1. The molecule has 2 aromatic carbocycles. The molecule has 0 aromatic heterocycles. The van der Waals surface area contributed by atoms with Crippen LogP contribution in [0.1, 0.15) is 6.42 Å². The van der Waals surface area contributed by atoms with Gasteiger partial charge in [0.25, 0.3) is 10.0 Å². The van der Waals surface area contributed by atoms with Gasteiger partial charge in [0, 0.05) is 38.8 Å². The second-order valence-corrected chi connectivity index (χ2v) is 13.2. The Bertz CT molecular complexity index is 1200. The molecule has 0 aliphatic carbocycles. The summed E-state index contributed by atoms with van der Waals surface area (Å²) in [6, 6.07) is 15.1. The summed E-state index contributed by atoms with van der Waals surface area (Å²) in [5.74, 6) is 0.880. The summed E-state index contributed by atoms with van der Waals surface area (Å²) in [6.07, 6.45) is -0.257. The number of methoxy groups -OCH3 is 1. The maximum Gasteiger partial charge on any atom is 0.264 e. The zero-order valence-corrected chi connectivity index (χ0v) is 21.5. The maximum absolute atomic E-state index is 13.6. The molecular formula is C24H33N3O6S2. The van der Waals surface area contributed by atoms with Crippen LogP contribution in [0.15, 0.2) is 59.5 Å². The normalized spacial score (nSPS) is 22.1. The number of nitrogens with zero attached hydrogens (tertiary/aromatic N) is 3. The number of ether oxygens (including phenoxy) is 1. The molecule has 0 unspecified atom stereocenters. The van der Waals surface area contributed by atoms with E-state index in [0.29, 0.717) is 37.5 Å². The summed E-state index contributed by atoms with van der Waals surface area (Å²) in [5, 5.41) is 11.0. The van der Waals surface area contributed by atoms with Crippen LogP contribution < -0.4 is 9.04 Å². The fraction of sp³-hybridized carbons (Fsp3) is 0.500. The maximum atomic E-state index is 13.6. The Morgan fingerprint density at radius 1 is 1.06 bits per heavy atom. The molecule has 9 nitrogen and oxygen atoms in total. The number of sulfonamides is 1. The Morgan fingerprint density at radius 2 is 1.71 bits per heavy atom. The van der Waals surface area contributed by atoms with Gasteiger partial charge < -0.3 is 9.84 Å². The van der Waals surface area contributed by atoms with E-state index in [2.05, 4.69) is 9.80 Å². The molecule has 0 radical (unpaired) electrons. The number of β-amino-alcohol motifs (C(OH)–C–C–N with tert-alkyl or cyclic N) is 1. The fourth-order valence-electron chi connectivity index (χ4n) is 4.80. The number of sulfone groups is 1. The monoisotopic (exact) mass is 523 g/mol. The van der Waals surface area contributed by atoms with Crippen LogP contribution in [0.2, 0.25) is 0 Å². The van der Waals surface area contributed by atoms with Gasteiger partial charge >= 0.3 is 0 Å². The van der Waals surface area contributed by atoms with Crippen molar-refractivity contribution in [3.8, 4) is 5.75 Å². The van der Waals surface area contributed by atoms with E-state index in [4.69, 9.17) is 4.74 Å². The third-order valence-electron chi connectivity index (χ3n) is 6.66. The van der Waals surface area contributed by atoms with Crippen molar-refractivity contribution >= 4 is 25.5 Å². The number of benzene rings is 2. The standard InChI is InChI=1S/C24H33N3O6S2/c1-33-24-10-6-5-9-23(24)27(35(31,32)22-7-3-2-4-8-22)18-21(28)17-25-12-14-26(15-13-25)20-11-16-34(29,30)19-20/h2-10,20-21,28H,11-19H2,1H3/t20-,21+/m0/s1. The number of para-hydroxylation sites is 2. The Morgan fingerprint density at radius 3 is 2.34 bits per heavy atom. The fourth-order valence-corrected chi connectivity index (χ4v) is 8.10. The van der Waals surface area contributed by atoms with Gasteiger partial charge in [-0.15, -0.1) is 0 Å². The average molecular weight is 524 g/mol. The van der Waals surface area contributed by atoms with Crippen molar-refractivity contribution in [2.45, 2.75) is 23.5 Å². The highest BCUT2D eigenvalue weighted by Crippen LogP contribution is 2.32. The largest absolute Gasteiger partial charge is 0.495 e. The molecule has 1 N–H and O–H groups in total. The molecular weight excluding hydrogens is 490 g/mol. The second-order valence-electron chi connectivity index (χ2n) is 9.07. The first-order valence-electron chi connectivity index (χ1n) is 11.8. The van der Waals surface area contributed by atoms with Crippen LogP contribution in [0.5, 0.6) is 5.75 Å². The van der Waals surface area contributed by atoms with Crippen LogP contribution in [0.25, 0.3) is 0 Å². The molecule has 2 atom stereocenters. The van der Waals surface area contributed by atoms with Gasteiger partial charge in [0.2, 0.25) is 0 Å². The van der Waals surface area contributed by atoms with Crippen LogP contribution >= 0.6 is 0 Å². The van der Waals surface area contributed by atoms with E-state index in [9.17, 15) is 21.9 Å². The van der Waals surface area contributed by atoms with Gasteiger partial charge in [0.05, 0.1) is 41.8 Å². The van der Waals surface area contributed by atoms with Crippen LogP contribution in [0.3, 0.4) is 0 Å². The molecule has 35 heavy (non-hydrogen) atoms. The summed E-state index contributed by atoms with van der Waals surface area (Å²) in [4.78, 5) is 4.45. The van der Waals surface area contributed by atoms with Gasteiger partial charge in [-0.05, 0) is 30.7 Å². The molecule has 0 bridgehead atoms. The smallest absolute Gasteiger partial charge is 0.264 e. The van der Waals surface area contributed by atoms with Crippen molar-refractivity contribution in [2.75, 3.05) is 62.2 Å². The lowest BCUT2D eigenvalue weighted by molar-refractivity contribution is 0.0639. The van der Waals surface area contributed by atoms with Crippen LogP contribution in [0, 0.1) is 0 Å². The number of hydrogen-bond acceptors (Lipinski definition) is 8. The van der Waals surface area contributed by atoms with Crippen molar-refractivity contribution in [1.29, 1.82) is 0 Å². The van der Waals surface area contributed by atoms with Crippen molar-refractivity contribution < 1.29 is 26.7 Å². The molecule has 0 saturated carbocycles. The topological polar surface area (TPSA) is 107 Å². The second kappa shape index (κ2) is 10.8. The van der Waals surface area contributed by atoms with E-state index in [1.54, 1.807) is 42.5 Å². The highest BCUT2D eigenvalue weighted by atomic mass is 32.2. The molecule has 2 fully saturated rings.